The molecule has 5 rings (SSSR count). The summed E-state index contributed by atoms with van der Waals surface area (Å²) >= 11 is 3.45. The summed E-state index contributed by atoms with van der Waals surface area (Å²) in [4.78, 5) is 29.3. The van der Waals surface area contributed by atoms with Gasteiger partial charge < -0.3 is 13.9 Å². The highest BCUT2D eigenvalue weighted by Gasteiger charge is 2.22. The van der Waals surface area contributed by atoms with E-state index in [1.807, 2.05) is 12.1 Å². The summed E-state index contributed by atoms with van der Waals surface area (Å²) in [7, 11) is 1.37. The molecule has 190 valence electrons. The summed E-state index contributed by atoms with van der Waals surface area (Å²) in [6, 6.07) is 17.0. The van der Waals surface area contributed by atoms with E-state index in [-0.39, 0.29) is 29.6 Å². The standard InChI is InChI=1S/C27H19BrN4O6/c1-3-10-37-25-21(32(34)35)11-16(12-23(25)36-2)15-29-31-26(30-20-7-5-4-6-19(20)27(31)33)24-14-17-13-18(28)8-9-22(17)38-24/h3-9,11-15H,1,10H2,2H3. The van der Waals surface area contributed by atoms with Crippen LogP contribution in [0.15, 0.2) is 92.1 Å². The number of nitro groups is 1. The second kappa shape index (κ2) is 10.3. The molecule has 11 heteroatoms. The van der Waals surface area contributed by atoms with Gasteiger partial charge in [0.2, 0.25) is 11.6 Å². The predicted molar refractivity (Wildman–Crippen MR) is 147 cm³/mol. The molecule has 0 radical (unpaired) electrons. The van der Waals surface area contributed by atoms with Crippen LogP contribution in [0.25, 0.3) is 33.5 Å². The highest BCUT2D eigenvalue weighted by molar-refractivity contribution is 9.10. The zero-order valence-electron chi connectivity index (χ0n) is 20.0. The Balaban J connectivity index is 1.68. The van der Waals surface area contributed by atoms with Gasteiger partial charge in [-0.1, -0.05) is 40.7 Å². The molecule has 38 heavy (non-hydrogen) atoms. The summed E-state index contributed by atoms with van der Waals surface area (Å²) in [6.07, 6.45) is 2.78. The number of benzene rings is 3. The molecule has 3 aromatic carbocycles. The van der Waals surface area contributed by atoms with E-state index in [9.17, 15) is 14.9 Å². The molecular weight excluding hydrogens is 556 g/mol. The first-order valence-corrected chi connectivity index (χ1v) is 12.0. The lowest BCUT2D eigenvalue weighted by atomic mass is 10.2. The number of fused-ring (bicyclic) bond motifs is 2. The summed E-state index contributed by atoms with van der Waals surface area (Å²) in [5, 5.41) is 17.3. The van der Waals surface area contributed by atoms with E-state index in [1.54, 1.807) is 36.4 Å². The molecule has 0 aliphatic rings. The van der Waals surface area contributed by atoms with Crippen molar-refractivity contribution in [3.8, 4) is 23.1 Å². The second-order valence-electron chi connectivity index (χ2n) is 8.04. The minimum atomic E-state index is -0.583. The van der Waals surface area contributed by atoms with E-state index in [1.165, 1.54) is 31.5 Å². The Hall–Kier alpha value is -4.77. The van der Waals surface area contributed by atoms with Gasteiger partial charge in [-0.05, 0) is 42.5 Å². The molecule has 10 nitrogen and oxygen atoms in total. The van der Waals surface area contributed by atoms with Gasteiger partial charge in [-0.3, -0.25) is 14.9 Å². The van der Waals surface area contributed by atoms with Crippen LogP contribution >= 0.6 is 15.9 Å². The van der Waals surface area contributed by atoms with Crippen LogP contribution in [0.4, 0.5) is 5.69 Å². The summed E-state index contributed by atoms with van der Waals surface area (Å²) in [6.45, 7) is 3.62. The third-order valence-electron chi connectivity index (χ3n) is 5.59. The van der Waals surface area contributed by atoms with Crippen LogP contribution in [-0.4, -0.2) is 34.5 Å². The minimum Gasteiger partial charge on any atom is -0.493 e. The van der Waals surface area contributed by atoms with Crippen molar-refractivity contribution in [3.63, 3.8) is 0 Å². The van der Waals surface area contributed by atoms with Crippen LogP contribution in [0.3, 0.4) is 0 Å². The first-order chi connectivity index (χ1) is 18.4. The van der Waals surface area contributed by atoms with Gasteiger partial charge in [0, 0.05) is 21.5 Å². The lowest BCUT2D eigenvalue weighted by Gasteiger charge is -2.11. The number of hydrogen-bond acceptors (Lipinski definition) is 8. The Morgan fingerprint density at radius 1 is 1.21 bits per heavy atom. The predicted octanol–water partition coefficient (Wildman–Crippen LogP) is 5.94. The fraction of sp³-hybridized carbons (Fsp3) is 0.0741. The Labute approximate surface area is 223 Å². The third kappa shape index (κ3) is 4.66. The van der Waals surface area contributed by atoms with Crippen molar-refractivity contribution in [2.45, 2.75) is 0 Å². The Morgan fingerprint density at radius 3 is 2.79 bits per heavy atom. The lowest BCUT2D eigenvalue weighted by Crippen LogP contribution is -2.20. The van der Waals surface area contributed by atoms with Crippen LogP contribution in [0, 0.1) is 10.1 Å². The van der Waals surface area contributed by atoms with Gasteiger partial charge >= 0.3 is 5.69 Å². The zero-order chi connectivity index (χ0) is 26.8. The highest BCUT2D eigenvalue weighted by Crippen LogP contribution is 2.38. The third-order valence-corrected chi connectivity index (χ3v) is 6.09. The average molecular weight is 575 g/mol. The second-order valence-corrected chi connectivity index (χ2v) is 8.95. The smallest absolute Gasteiger partial charge is 0.315 e. The van der Waals surface area contributed by atoms with E-state index in [0.29, 0.717) is 27.8 Å². The largest absolute Gasteiger partial charge is 0.493 e. The van der Waals surface area contributed by atoms with Crippen LogP contribution in [0.2, 0.25) is 0 Å². The molecule has 0 aliphatic heterocycles. The van der Waals surface area contributed by atoms with Crippen molar-refractivity contribution in [1.82, 2.24) is 9.66 Å². The number of hydrogen-bond donors (Lipinski definition) is 0. The van der Waals surface area contributed by atoms with Crippen LogP contribution < -0.4 is 15.0 Å². The first-order valence-electron chi connectivity index (χ1n) is 11.3. The monoisotopic (exact) mass is 574 g/mol. The first kappa shape index (κ1) is 24.9. The maximum Gasteiger partial charge on any atom is 0.315 e. The molecule has 0 fully saturated rings. The Morgan fingerprint density at radius 2 is 2.03 bits per heavy atom. The Bertz CT molecular complexity index is 1810. The molecule has 0 spiro atoms. The molecule has 0 bridgehead atoms. The van der Waals surface area contributed by atoms with Gasteiger partial charge in [-0.25, -0.2) is 4.98 Å². The highest BCUT2D eigenvalue weighted by atomic mass is 79.9. The van der Waals surface area contributed by atoms with E-state index in [4.69, 9.17) is 13.9 Å². The van der Waals surface area contributed by atoms with Gasteiger partial charge in [-0.15, -0.1) is 0 Å². The molecule has 0 N–H and O–H groups in total. The normalized spacial score (nSPS) is 11.3. The van der Waals surface area contributed by atoms with Gasteiger partial charge in [0.15, 0.2) is 11.5 Å². The van der Waals surface area contributed by atoms with Crippen LogP contribution in [0.1, 0.15) is 5.56 Å². The molecule has 0 atom stereocenters. The van der Waals surface area contributed by atoms with E-state index < -0.39 is 10.5 Å². The topological polar surface area (TPSA) is 122 Å². The van der Waals surface area contributed by atoms with Crippen LogP contribution in [0.5, 0.6) is 11.5 Å². The molecule has 0 unspecified atom stereocenters. The quantitative estimate of drug-likeness (QED) is 0.0972. The molecule has 2 aromatic heterocycles. The van der Waals surface area contributed by atoms with E-state index in [0.717, 1.165) is 14.5 Å². The van der Waals surface area contributed by atoms with Crippen molar-refractivity contribution in [3.05, 3.63) is 104 Å². The molecular formula is C27H19BrN4O6. The van der Waals surface area contributed by atoms with Gasteiger partial charge in [0.05, 0.1) is 29.2 Å². The molecule has 0 saturated heterocycles. The fourth-order valence-corrected chi connectivity index (χ4v) is 4.28. The number of aromatic nitrogens is 2. The lowest BCUT2D eigenvalue weighted by molar-refractivity contribution is -0.385. The number of halogens is 1. The maximum atomic E-state index is 13.5. The fourth-order valence-electron chi connectivity index (χ4n) is 3.90. The van der Waals surface area contributed by atoms with Gasteiger partial charge in [0.25, 0.3) is 5.56 Å². The number of ether oxygens (including phenoxy) is 2. The summed E-state index contributed by atoms with van der Waals surface area (Å²) in [5.74, 6) is 0.599. The Kier molecular flexibility index (Phi) is 6.75. The minimum absolute atomic E-state index is 0.0341. The number of para-hydroxylation sites is 1. The van der Waals surface area contributed by atoms with Crippen LogP contribution in [-0.2, 0) is 0 Å². The molecule has 0 amide bonds. The average Bonchev–Trinajstić information content (AvgIpc) is 3.34. The SMILES string of the molecule is C=CCOc1c(OC)cc(C=Nn2c(-c3cc4cc(Br)ccc4o3)nc3ccccc3c2=O)cc1[N+](=O)[O-]. The van der Waals surface area contributed by atoms with Crippen molar-refractivity contribution < 1.29 is 18.8 Å². The van der Waals surface area contributed by atoms with E-state index in [2.05, 4.69) is 32.6 Å². The zero-order valence-corrected chi connectivity index (χ0v) is 21.5. The van der Waals surface area contributed by atoms with E-state index >= 15 is 0 Å². The molecule has 0 saturated carbocycles. The molecule has 5 aromatic rings. The summed E-state index contributed by atoms with van der Waals surface area (Å²) in [5.41, 5.74) is 0.632. The number of nitrogens with zero attached hydrogens (tertiary/aromatic N) is 4. The number of nitro benzene ring substituents is 1. The molecule has 0 aliphatic carbocycles. The van der Waals surface area contributed by atoms with Crippen molar-refractivity contribution in [2.75, 3.05) is 13.7 Å². The van der Waals surface area contributed by atoms with Crippen molar-refractivity contribution in [2.24, 2.45) is 5.10 Å². The summed E-state index contributed by atoms with van der Waals surface area (Å²) < 4.78 is 18.7. The van der Waals surface area contributed by atoms with Crippen molar-refractivity contribution >= 4 is 49.7 Å². The van der Waals surface area contributed by atoms with Crippen molar-refractivity contribution in [1.29, 1.82) is 0 Å². The maximum absolute atomic E-state index is 13.5. The number of furan rings is 1. The molecule has 2 heterocycles. The number of rotatable bonds is 8. The van der Waals surface area contributed by atoms with Gasteiger partial charge in [-0.2, -0.15) is 9.78 Å². The number of methoxy groups -OCH3 is 1. The van der Waals surface area contributed by atoms with Gasteiger partial charge in [0.1, 0.15) is 12.2 Å².